The zero-order chi connectivity index (χ0) is 17.9. The number of hydrogen-bond acceptors (Lipinski definition) is 2. The molecule has 1 amide bonds. The van der Waals surface area contributed by atoms with Crippen LogP contribution < -0.4 is 5.32 Å². The fourth-order valence-electron chi connectivity index (χ4n) is 3.81. The van der Waals surface area contributed by atoms with Crippen molar-refractivity contribution >= 4 is 11.7 Å². The summed E-state index contributed by atoms with van der Waals surface area (Å²) in [6.07, 6.45) is 3.98. The van der Waals surface area contributed by atoms with Gasteiger partial charge in [0.1, 0.15) is 0 Å². The SMILES string of the molecule is CC(=O)c1ccc(C(C)NC(=O)C2(c3ccccc3)CCCC2)cc1. The minimum atomic E-state index is -0.408. The molecule has 3 rings (SSSR count). The zero-order valence-electron chi connectivity index (χ0n) is 14.9. The fraction of sp³-hybridized carbons (Fsp3) is 0.364. The molecule has 0 aromatic heterocycles. The zero-order valence-corrected chi connectivity index (χ0v) is 14.9. The normalized spacial score (nSPS) is 17.0. The van der Waals surface area contributed by atoms with E-state index in [-0.39, 0.29) is 17.7 Å². The summed E-state index contributed by atoms with van der Waals surface area (Å²) in [5.74, 6) is 0.163. The average molecular weight is 335 g/mol. The maximum atomic E-state index is 13.2. The molecule has 25 heavy (non-hydrogen) atoms. The van der Waals surface area contributed by atoms with Crippen LogP contribution in [0.25, 0.3) is 0 Å². The van der Waals surface area contributed by atoms with Crippen molar-refractivity contribution in [2.75, 3.05) is 0 Å². The first-order valence-corrected chi connectivity index (χ1v) is 9.00. The maximum Gasteiger partial charge on any atom is 0.231 e. The lowest BCUT2D eigenvalue weighted by atomic mass is 9.77. The van der Waals surface area contributed by atoms with E-state index in [4.69, 9.17) is 0 Å². The van der Waals surface area contributed by atoms with Gasteiger partial charge in [-0.05, 0) is 37.8 Å². The first-order valence-electron chi connectivity index (χ1n) is 9.00. The smallest absolute Gasteiger partial charge is 0.231 e. The number of carbonyl (C=O) groups excluding carboxylic acids is 2. The highest BCUT2D eigenvalue weighted by Crippen LogP contribution is 2.41. The largest absolute Gasteiger partial charge is 0.349 e. The summed E-state index contributed by atoms with van der Waals surface area (Å²) >= 11 is 0. The summed E-state index contributed by atoms with van der Waals surface area (Å²) < 4.78 is 0. The van der Waals surface area contributed by atoms with Gasteiger partial charge in [-0.25, -0.2) is 0 Å². The Labute approximate surface area is 149 Å². The minimum absolute atomic E-state index is 0.0530. The van der Waals surface area contributed by atoms with Gasteiger partial charge in [0.2, 0.25) is 5.91 Å². The fourth-order valence-corrected chi connectivity index (χ4v) is 3.81. The van der Waals surface area contributed by atoms with Crippen molar-refractivity contribution in [3.05, 3.63) is 71.3 Å². The molecule has 1 saturated carbocycles. The molecule has 0 aliphatic heterocycles. The lowest BCUT2D eigenvalue weighted by Gasteiger charge is -2.30. The highest BCUT2D eigenvalue weighted by Gasteiger charge is 2.42. The molecule has 0 heterocycles. The predicted molar refractivity (Wildman–Crippen MR) is 99.6 cm³/mol. The van der Waals surface area contributed by atoms with Gasteiger partial charge in [-0.2, -0.15) is 0 Å². The van der Waals surface area contributed by atoms with Crippen LogP contribution in [-0.4, -0.2) is 11.7 Å². The van der Waals surface area contributed by atoms with Gasteiger partial charge in [0, 0.05) is 5.56 Å². The molecule has 3 heteroatoms. The van der Waals surface area contributed by atoms with Crippen LogP contribution in [0.4, 0.5) is 0 Å². The Morgan fingerprint density at radius 3 is 2.12 bits per heavy atom. The number of Topliss-reactive ketones (excluding diaryl/α,β-unsaturated/α-hetero) is 1. The standard InChI is InChI=1S/C22H25NO2/c1-16(18-10-12-19(13-11-18)17(2)24)23-21(25)22(14-6-7-15-22)20-8-4-3-5-9-20/h3-5,8-13,16H,6-7,14-15H2,1-2H3,(H,23,25). The van der Waals surface area contributed by atoms with Crippen LogP contribution in [0.3, 0.4) is 0 Å². The number of benzene rings is 2. The van der Waals surface area contributed by atoms with Crippen LogP contribution in [0.15, 0.2) is 54.6 Å². The van der Waals surface area contributed by atoms with E-state index in [1.807, 2.05) is 49.4 Å². The first kappa shape index (κ1) is 17.4. The number of amides is 1. The lowest BCUT2D eigenvalue weighted by Crippen LogP contribution is -2.43. The van der Waals surface area contributed by atoms with Crippen LogP contribution in [0.5, 0.6) is 0 Å². The molecule has 0 saturated heterocycles. The van der Waals surface area contributed by atoms with E-state index in [0.717, 1.165) is 36.8 Å². The molecule has 1 unspecified atom stereocenters. The highest BCUT2D eigenvalue weighted by molar-refractivity contribution is 5.94. The second-order valence-corrected chi connectivity index (χ2v) is 7.03. The van der Waals surface area contributed by atoms with Gasteiger partial charge < -0.3 is 5.32 Å². The molecule has 130 valence electrons. The van der Waals surface area contributed by atoms with E-state index in [0.29, 0.717) is 5.56 Å². The van der Waals surface area contributed by atoms with Crippen LogP contribution in [0.1, 0.15) is 67.1 Å². The topological polar surface area (TPSA) is 46.2 Å². The molecule has 2 aromatic rings. The molecule has 0 spiro atoms. The van der Waals surface area contributed by atoms with Gasteiger partial charge in [0.05, 0.1) is 11.5 Å². The van der Waals surface area contributed by atoms with Crippen molar-refractivity contribution in [3.63, 3.8) is 0 Å². The van der Waals surface area contributed by atoms with Gasteiger partial charge in [0.25, 0.3) is 0 Å². The second kappa shape index (κ2) is 7.22. The van der Waals surface area contributed by atoms with E-state index in [9.17, 15) is 9.59 Å². The summed E-state index contributed by atoms with van der Waals surface area (Å²) in [6.45, 7) is 3.55. The lowest BCUT2D eigenvalue weighted by molar-refractivity contribution is -0.127. The van der Waals surface area contributed by atoms with Crippen LogP contribution >= 0.6 is 0 Å². The van der Waals surface area contributed by atoms with Crippen molar-refractivity contribution in [2.45, 2.75) is 51.0 Å². The molecule has 3 nitrogen and oxygen atoms in total. The van der Waals surface area contributed by atoms with E-state index in [1.54, 1.807) is 6.92 Å². The number of nitrogens with one attached hydrogen (secondary N) is 1. The van der Waals surface area contributed by atoms with Crippen molar-refractivity contribution < 1.29 is 9.59 Å². The minimum Gasteiger partial charge on any atom is -0.349 e. The molecule has 1 aliphatic carbocycles. The molecule has 0 radical (unpaired) electrons. The van der Waals surface area contributed by atoms with Crippen molar-refractivity contribution in [2.24, 2.45) is 0 Å². The van der Waals surface area contributed by atoms with E-state index < -0.39 is 5.41 Å². The van der Waals surface area contributed by atoms with Crippen LogP contribution in [0, 0.1) is 0 Å². The molecule has 1 N–H and O–H groups in total. The van der Waals surface area contributed by atoms with E-state index >= 15 is 0 Å². The Kier molecular flexibility index (Phi) is 5.03. The Balaban J connectivity index is 1.78. The summed E-state index contributed by atoms with van der Waals surface area (Å²) in [5.41, 5.74) is 2.41. The molecular formula is C22H25NO2. The maximum absolute atomic E-state index is 13.2. The third-order valence-corrected chi connectivity index (χ3v) is 5.38. The van der Waals surface area contributed by atoms with Gasteiger partial charge in [0.15, 0.2) is 5.78 Å². The number of ketones is 1. The third kappa shape index (κ3) is 3.51. The molecule has 1 aliphatic rings. The second-order valence-electron chi connectivity index (χ2n) is 7.03. The van der Waals surface area contributed by atoms with Crippen molar-refractivity contribution in [1.82, 2.24) is 5.32 Å². The first-order chi connectivity index (χ1) is 12.0. The monoisotopic (exact) mass is 335 g/mol. The van der Waals surface area contributed by atoms with Gasteiger partial charge in [-0.15, -0.1) is 0 Å². The number of carbonyl (C=O) groups is 2. The summed E-state index contributed by atoms with van der Waals surface area (Å²) in [7, 11) is 0. The number of rotatable bonds is 5. The van der Waals surface area contributed by atoms with Crippen molar-refractivity contribution in [1.29, 1.82) is 0 Å². The number of hydrogen-bond donors (Lipinski definition) is 1. The summed E-state index contributed by atoms with van der Waals surface area (Å²) in [5, 5.41) is 3.20. The van der Waals surface area contributed by atoms with Gasteiger partial charge in [-0.3, -0.25) is 9.59 Å². The highest BCUT2D eigenvalue weighted by atomic mass is 16.2. The summed E-state index contributed by atoms with van der Waals surface area (Å²) in [6, 6.07) is 17.5. The molecule has 0 bridgehead atoms. The van der Waals surface area contributed by atoms with E-state index in [2.05, 4.69) is 17.4 Å². The average Bonchev–Trinajstić information content (AvgIpc) is 3.13. The molecular weight excluding hydrogens is 310 g/mol. The van der Waals surface area contributed by atoms with Gasteiger partial charge >= 0.3 is 0 Å². The van der Waals surface area contributed by atoms with E-state index in [1.165, 1.54) is 0 Å². The van der Waals surface area contributed by atoms with Crippen molar-refractivity contribution in [3.8, 4) is 0 Å². The molecule has 2 aromatic carbocycles. The Morgan fingerprint density at radius 2 is 1.56 bits per heavy atom. The Morgan fingerprint density at radius 1 is 0.960 bits per heavy atom. The summed E-state index contributed by atoms with van der Waals surface area (Å²) in [4.78, 5) is 24.6. The molecule has 1 atom stereocenters. The molecule has 1 fully saturated rings. The van der Waals surface area contributed by atoms with Crippen LogP contribution in [-0.2, 0) is 10.2 Å². The quantitative estimate of drug-likeness (QED) is 0.813. The van der Waals surface area contributed by atoms with Crippen LogP contribution in [0.2, 0.25) is 0 Å². The predicted octanol–water partition coefficient (Wildman–Crippen LogP) is 4.58. The Bertz CT molecular complexity index is 743. The Hall–Kier alpha value is -2.42. The third-order valence-electron chi connectivity index (χ3n) is 5.38. The van der Waals surface area contributed by atoms with Gasteiger partial charge in [-0.1, -0.05) is 67.4 Å².